The third-order valence-electron chi connectivity index (χ3n) is 3.79. The maximum Gasteiger partial charge on any atom is 0.339 e. The maximum atomic E-state index is 12.6. The molecule has 0 aliphatic heterocycles. The normalized spacial score (nSPS) is 11.2. The minimum atomic E-state index is -1.21. The van der Waals surface area contributed by atoms with Crippen molar-refractivity contribution in [2.45, 2.75) is 26.2 Å². The van der Waals surface area contributed by atoms with Gasteiger partial charge in [0.25, 0.3) is 0 Å². The number of nitrogens with zero attached hydrogens (tertiary/aromatic N) is 1. The Labute approximate surface area is 131 Å². The van der Waals surface area contributed by atoms with Gasteiger partial charge in [-0.2, -0.15) is 0 Å². The van der Waals surface area contributed by atoms with Crippen molar-refractivity contribution in [3.05, 3.63) is 45.6 Å². The Kier molecular flexibility index (Phi) is 3.73. The fourth-order valence-corrected chi connectivity index (χ4v) is 2.55. The van der Waals surface area contributed by atoms with Crippen molar-refractivity contribution < 1.29 is 14.3 Å². The molecule has 0 radical (unpaired) electrons. The summed E-state index contributed by atoms with van der Waals surface area (Å²) in [5.74, 6) is -1.41. The standard InChI is InChI=1S/C17H16N2O4/c1-2-3-4-9-5-6-12-10(7-9)15(20)14-13(23-12)8-11(17(21)22)16(18)19-14/h5-8H,2-4H2,1H3,(H2,18,19)(H,21,22). The summed E-state index contributed by atoms with van der Waals surface area (Å²) < 4.78 is 5.65. The minimum absolute atomic E-state index is 0.0487. The lowest BCUT2D eigenvalue weighted by atomic mass is 10.1. The summed E-state index contributed by atoms with van der Waals surface area (Å²) >= 11 is 0. The van der Waals surface area contributed by atoms with Gasteiger partial charge in [0.15, 0.2) is 11.1 Å². The van der Waals surface area contributed by atoms with Gasteiger partial charge in [0, 0.05) is 6.07 Å². The number of hydrogen-bond donors (Lipinski definition) is 2. The average molecular weight is 312 g/mol. The first kappa shape index (κ1) is 15.0. The first-order valence-electron chi connectivity index (χ1n) is 7.40. The zero-order valence-electron chi connectivity index (χ0n) is 12.6. The van der Waals surface area contributed by atoms with Crippen LogP contribution in [0.15, 0.2) is 33.5 Å². The van der Waals surface area contributed by atoms with E-state index in [1.807, 2.05) is 6.07 Å². The number of hydrogen-bond acceptors (Lipinski definition) is 5. The van der Waals surface area contributed by atoms with Gasteiger partial charge < -0.3 is 15.3 Å². The molecule has 118 valence electrons. The largest absolute Gasteiger partial charge is 0.478 e. The van der Waals surface area contributed by atoms with E-state index in [9.17, 15) is 9.59 Å². The molecule has 3 aromatic rings. The second kappa shape index (κ2) is 5.72. The van der Waals surface area contributed by atoms with E-state index in [0.29, 0.717) is 11.0 Å². The third-order valence-corrected chi connectivity index (χ3v) is 3.79. The molecule has 23 heavy (non-hydrogen) atoms. The lowest BCUT2D eigenvalue weighted by Crippen LogP contribution is -2.10. The number of aryl methyl sites for hydroxylation is 1. The topological polar surface area (TPSA) is 106 Å². The van der Waals surface area contributed by atoms with Crippen molar-refractivity contribution >= 4 is 33.9 Å². The molecule has 1 aromatic carbocycles. The van der Waals surface area contributed by atoms with Crippen molar-refractivity contribution in [1.29, 1.82) is 0 Å². The van der Waals surface area contributed by atoms with Crippen LogP contribution in [0.5, 0.6) is 0 Å². The zero-order chi connectivity index (χ0) is 16.6. The Balaban J connectivity index is 2.27. The number of aromatic nitrogens is 1. The van der Waals surface area contributed by atoms with Gasteiger partial charge in [0.1, 0.15) is 17.0 Å². The lowest BCUT2D eigenvalue weighted by molar-refractivity contribution is 0.0697. The van der Waals surface area contributed by atoms with Crippen LogP contribution in [0.4, 0.5) is 5.82 Å². The van der Waals surface area contributed by atoms with E-state index < -0.39 is 5.97 Å². The van der Waals surface area contributed by atoms with Gasteiger partial charge in [0.2, 0.25) is 5.43 Å². The van der Waals surface area contributed by atoms with Gasteiger partial charge in [0.05, 0.1) is 5.39 Å². The number of carbonyl (C=O) groups is 1. The van der Waals surface area contributed by atoms with Crippen molar-refractivity contribution in [2.75, 3.05) is 5.73 Å². The number of nitrogens with two attached hydrogens (primary N) is 1. The van der Waals surface area contributed by atoms with E-state index in [2.05, 4.69) is 11.9 Å². The molecule has 6 nitrogen and oxygen atoms in total. The number of anilines is 1. The highest BCUT2D eigenvalue weighted by atomic mass is 16.4. The fraction of sp³-hybridized carbons (Fsp3) is 0.235. The summed E-state index contributed by atoms with van der Waals surface area (Å²) in [7, 11) is 0. The lowest BCUT2D eigenvalue weighted by Gasteiger charge is -2.06. The number of fused-ring (bicyclic) bond motifs is 2. The Hall–Kier alpha value is -2.89. The number of nitrogen functional groups attached to an aromatic ring is 1. The molecule has 0 aliphatic carbocycles. The summed E-state index contributed by atoms with van der Waals surface area (Å²) in [5, 5.41) is 9.52. The Bertz CT molecular complexity index is 976. The smallest absolute Gasteiger partial charge is 0.339 e. The molecule has 2 aromatic heterocycles. The summed E-state index contributed by atoms with van der Waals surface area (Å²) in [5.41, 5.74) is 6.77. The van der Waals surface area contributed by atoms with Crippen LogP contribution in [0.3, 0.4) is 0 Å². The molecular weight excluding hydrogens is 296 g/mol. The number of carboxylic acids is 1. The highest BCUT2D eigenvalue weighted by molar-refractivity contribution is 5.97. The molecule has 2 heterocycles. The van der Waals surface area contributed by atoms with Crippen molar-refractivity contribution in [3.8, 4) is 0 Å². The molecule has 0 fully saturated rings. The van der Waals surface area contributed by atoms with Crippen LogP contribution < -0.4 is 11.2 Å². The average Bonchev–Trinajstić information content (AvgIpc) is 2.53. The van der Waals surface area contributed by atoms with E-state index in [0.717, 1.165) is 24.8 Å². The number of pyridine rings is 1. The number of unbranched alkanes of at least 4 members (excludes halogenated alkanes) is 1. The van der Waals surface area contributed by atoms with Gasteiger partial charge in [-0.1, -0.05) is 19.4 Å². The minimum Gasteiger partial charge on any atom is -0.478 e. The van der Waals surface area contributed by atoms with Gasteiger partial charge >= 0.3 is 5.97 Å². The van der Waals surface area contributed by atoms with Crippen LogP contribution in [-0.2, 0) is 6.42 Å². The molecule has 0 saturated heterocycles. The summed E-state index contributed by atoms with van der Waals surface area (Å²) in [6, 6.07) is 6.69. The molecule has 0 unspecified atom stereocenters. The first-order chi connectivity index (χ1) is 11.0. The molecule has 0 bridgehead atoms. The molecule has 3 rings (SSSR count). The summed E-state index contributed by atoms with van der Waals surface area (Å²) in [6.45, 7) is 2.11. The van der Waals surface area contributed by atoms with Crippen molar-refractivity contribution in [3.63, 3.8) is 0 Å². The Morgan fingerprint density at radius 3 is 2.78 bits per heavy atom. The number of rotatable bonds is 4. The maximum absolute atomic E-state index is 12.6. The van der Waals surface area contributed by atoms with Crippen LogP contribution in [-0.4, -0.2) is 16.1 Å². The number of carboxylic acid groups (broad SMARTS) is 1. The summed E-state index contributed by atoms with van der Waals surface area (Å²) in [6.07, 6.45) is 3.00. The van der Waals surface area contributed by atoms with Gasteiger partial charge in [-0.3, -0.25) is 4.79 Å². The Morgan fingerprint density at radius 1 is 1.30 bits per heavy atom. The first-order valence-corrected chi connectivity index (χ1v) is 7.40. The molecule has 0 saturated carbocycles. The highest BCUT2D eigenvalue weighted by Crippen LogP contribution is 2.22. The van der Waals surface area contributed by atoms with Gasteiger partial charge in [-0.15, -0.1) is 0 Å². The second-order valence-corrected chi connectivity index (χ2v) is 5.44. The summed E-state index contributed by atoms with van der Waals surface area (Å²) in [4.78, 5) is 27.7. The van der Waals surface area contributed by atoms with E-state index >= 15 is 0 Å². The van der Waals surface area contributed by atoms with Crippen LogP contribution in [0.25, 0.3) is 22.1 Å². The third kappa shape index (κ3) is 2.63. The fourth-order valence-electron chi connectivity index (χ4n) is 2.55. The predicted molar refractivity (Wildman–Crippen MR) is 87.8 cm³/mol. The molecule has 3 N–H and O–H groups in total. The highest BCUT2D eigenvalue weighted by Gasteiger charge is 2.16. The van der Waals surface area contributed by atoms with Crippen LogP contribution in [0, 0.1) is 0 Å². The Morgan fingerprint density at radius 2 is 2.09 bits per heavy atom. The zero-order valence-corrected chi connectivity index (χ0v) is 12.6. The molecule has 0 atom stereocenters. The second-order valence-electron chi connectivity index (χ2n) is 5.44. The quantitative estimate of drug-likeness (QED) is 0.717. The SMILES string of the molecule is CCCCc1ccc2oc3cc(C(=O)O)c(N)nc3c(=O)c2c1. The van der Waals surface area contributed by atoms with E-state index in [4.69, 9.17) is 15.3 Å². The van der Waals surface area contributed by atoms with Gasteiger partial charge in [-0.05, 0) is 30.5 Å². The number of benzene rings is 1. The van der Waals surface area contributed by atoms with E-state index in [1.165, 1.54) is 6.07 Å². The molecule has 0 amide bonds. The molecule has 6 heteroatoms. The van der Waals surface area contributed by atoms with Crippen LogP contribution in [0.1, 0.15) is 35.7 Å². The van der Waals surface area contributed by atoms with E-state index in [-0.39, 0.29) is 27.9 Å². The van der Waals surface area contributed by atoms with Crippen LogP contribution in [0.2, 0.25) is 0 Å². The molecule has 0 spiro atoms. The number of aromatic carboxylic acids is 1. The van der Waals surface area contributed by atoms with E-state index in [1.54, 1.807) is 12.1 Å². The van der Waals surface area contributed by atoms with Crippen molar-refractivity contribution in [1.82, 2.24) is 4.98 Å². The van der Waals surface area contributed by atoms with Gasteiger partial charge in [-0.25, -0.2) is 9.78 Å². The monoisotopic (exact) mass is 312 g/mol. The predicted octanol–water partition coefficient (Wildman–Crippen LogP) is 2.96. The van der Waals surface area contributed by atoms with Crippen LogP contribution >= 0.6 is 0 Å². The van der Waals surface area contributed by atoms with Crippen molar-refractivity contribution in [2.24, 2.45) is 0 Å². The molecule has 0 aliphatic rings. The molecular formula is C17H16N2O4.